The highest BCUT2D eigenvalue weighted by molar-refractivity contribution is 6.31. The minimum Gasteiger partial charge on any atom is -0.396 e. The molecule has 1 aromatic heterocycles. The normalized spacial score (nSPS) is 12.9. The molecular formula is C8H11ClN2O. The van der Waals surface area contributed by atoms with Gasteiger partial charge in [-0.15, -0.1) is 0 Å². The molecule has 0 fully saturated rings. The van der Waals surface area contributed by atoms with E-state index in [1.54, 1.807) is 18.5 Å². The zero-order valence-electron chi connectivity index (χ0n) is 6.57. The zero-order valence-corrected chi connectivity index (χ0v) is 7.33. The summed E-state index contributed by atoms with van der Waals surface area (Å²) in [7, 11) is 0. The van der Waals surface area contributed by atoms with E-state index in [0.717, 1.165) is 5.56 Å². The smallest absolute Gasteiger partial charge is 0.0637 e. The average molecular weight is 187 g/mol. The molecule has 3 N–H and O–H groups in total. The third kappa shape index (κ3) is 2.17. The molecule has 12 heavy (non-hydrogen) atoms. The molecule has 4 heteroatoms. The Kier molecular flexibility index (Phi) is 3.47. The molecule has 1 rings (SSSR count). The fourth-order valence-electron chi connectivity index (χ4n) is 0.981. The van der Waals surface area contributed by atoms with Crippen molar-refractivity contribution in [1.82, 2.24) is 4.98 Å². The maximum atomic E-state index is 8.65. The molecule has 0 saturated heterocycles. The summed E-state index contributed by atoms with van der Waals surface area (Å²) in [5.41, 5.74) is 6.57. The van der Waals surface area contributed by atoms with Crippen LogP contribution in [0.1, 0.15) is 18.0 Å². The maximum absolute atomic E-state index is 8.65. The molecule has 0 spiro atoms. The highest BCUT2D eigenvalue weighted by Gasteiger charge is 2.08. The summed E-state index contributed by atoms with van der Waals surface area (Å²) < 4.78 is 0. The average Bonchev–Trinajstić information content (AvgIpc) is 2.05. The second kappa shape index (κ2) is 4.40. The number of nitrogens with zero attached hydrogens (tertiary/aromatic N) is 1. The first-order valence-electron chi connectivity index (χ1n) is 3.71. The van der Waals surface area contributed by atoms with Crippen molar-refractivity contribution in [1.29, 1.82) is 0 Å². The van der Waals surface area contributed by atoms with Crippen LogP contribution in [-0.4, -0.2) is 16.7 Å². The molecule has 66 valence electrons. The highest BCUT2D eigenvalue weighted by atomic mass is 35.5. The molecule has 0 saturated carbocycles. The van der Waals surface area contributed by atoms with Crippen molar-refractivity contribution in [2.45, 2.75) is 12.5 Å². The Bertz CT molecular complexity index is 255. The van der Waals surface area contributed by atoms with Gasteiger partial charge in [0, 0.05) is 25.0 Å². The lowest BCUT2D eigenvalue weighted by Gasteiger charge is -2.10. The molecule has 0 bridgehead atoms. The van der Waals surface area contributed by atoms with E-state index < -0.39 is 0 Å². The minimum atomic E-state index is -0.203. The van der Waals surface area contributed by atoms with Gasteiger partial charge in [0.1, 0.15) is 0 Å². The third-order valence-corrected chi connectivity index (χ3v) is 1.96. The molecular weight excluding hydrogens is 176 g/mol. The Labute approximate surface area is 76.2 Å². The predicted octanol–water partition coefficient (Wildman–Crippen LogP) is 1.12. The van der Waals surface area contributed by atoms with Crippen LogP contribution in [0, 0.1) is 0 Å². The standard InChI is InChI=1S/C8H11ClN2O/c9-7-5-11-3-1-6(7)8(10)2-4-12/h1,3,5,8,12H,2,4,10H2/t8-/m0/s1. The monoisotopic (exact) mass is 186 g/mol. The molecule has 0 aromatic carbocycles. The molecule has 1 atom stereocenters. The van der Waals surface area contributed by atoms with Gasteiger partial charge in [0.25, 0.3) is 0 Å². The summed E-state index contributed by atoms with van der Waals surface area (Å²) in [6, 6.07) is 1.56. The van der Waals surface area contributed by atoms with Crippen molar-refractivity contribution in [3.05, 3.63) is 29.0 Å². The Morgan fingerprint density at radius 2 is 2.42 bits per heavy atom. The quantitative estimate of drug-likeness (QED) is 0.744. The van der Waals surface area contributed by atoms with Crippen LogP contribution >= 0.6 is 11.6 Å². The Morgan fingerprint density at radius 1 is 1.67 bits per heavy atom. The molecule has 1 heterocycles. The lowest BCUT2D eigenvalue weighted by Crippen LogP contribution is -2.12. The van der Waals surface area contributed by atoms with Gasteiger partial charge in [-0.25, -0.2) is 0 Å². The number of pyridine rings is 1. The van der Waals surface area contributed by atoms with Gasteiger partial charge in [-0.3, -0.25) is 4.98 Å². The number of aromatic nitrogens is 1. The van der Waals surface area contributed by atoms with Gasteiger partial charge in [0.15, 0.2) is 0 Å². The lowest BCUT2D eigenvalue weighted by atomic mass is 10.1. The maximum Gasteiger partial charge on any atom is 0.0637 e. The Morgan fingerprint density at radius 3 is 3.00 bits per heavy atom. The van der Waals surface area contributed by atoms with Crippen LogP contribution in [0.15, 0.2) is 18.5 Å². The van der Waals surface area contributed by atoms with E-state index in [9.17, 15) is 0 Å². The fourth-order valence-corrected chi connectivity index (χ4v) is 1.24. The molecule has 0 aliphatic rings. The zero-order chi connectivity index (χ0) is 8.97. The second-order valence-electron chi connectivity index (χ2n) is 2.52. The number of halogens is 1. The SMILES string of the molecule is N[C@@H](CCO)c1ccncc1Cl. The van der Waals surface area contributed by atoms with Gasteiger partial charge in [-0.1, -0.05) is 11.6 Å². The number of rotatable bonds is 3. The Balaban J connectivity index is 2.79. The Hall–Kier alpha value is -0.640. The van der Waals surface area contributed by atoms with E-state index in [1.165, 1.54) is 0 Å². The number of hydrogen-bond acceptors (Lipinski definition) is 3. The van der Waals surface area contributed by atoms with Crippen LogP contribution in [0.2, 0.25) is 5.02 Å². The van der Waals surface area contributed by atoms with E-state index in [4.69, 9.17) is 22.4 Å². The minimum absolute atomic E-state index is 0.0693. The summed E-state index contributed by atoms with van der Waals surface area (Å²) in [6.45, 7) is 0.0693. The fraction of sp³-hybridized carbons (Fsp3) is 0.375. The number of nitrogens with two attached hydrogens (primary N) is 1. The molecule has 1 aromatic rings. The van der Waals surface area contributed by atoms with E-state index in [0.29, 0.717) is 11.4 Å². The van der Waals surface area contributed by atoms with E-state index in [2.05, 4.69) is 4.98 Å². The van der Waals surface area contributed by atoms with Gasteiger partial charge >= 0.3 is 0 Å². The van der Waals surface area contributed by atoms with Crippen molar-refractivity contribution in [3.63, 3.8) is 0 Å². The third-order valence-electron chi connectivity index (χ3n) is 1.64. The summed E-state index contributed by atoms with van der Waals surface area (Å²) >= 11 is 5.83. The summed E-state index contributed by atoms with van der Waals surface area (Å²) in [6.07, 6.45) is 3.70. The van der Waals surface area contributed by atoms with Crippen LogP contribution in [0.25, 0.3) is 0 Å². The van der Waals surface area contributed by atoms with Crippen molar-refractivity contribution >= 4 is 11.6 Å². The largest absolute Gasteiger partial charge is 0.396 e. The van der Waals surface area contributed by atoms with Crippen molar-refractivity contribution in [2.75, 3.05) is 6.61 Å². The van der Waals surface area contributed by atoms with E-state index >= 15 is 0 Å². The molecule has 0 amide bonds. The number of aliphatic hydroxyl groups excluding tert-OH is 1. The molecule has 0 aliphatic carbocycles. The van der Waals surface area contributed by atoms with Crippen LogP contribution in [-0.2, 0) is 0 Å². The topological polar surface area (TPSA) is 59.1 Å². The number of hydrogen-bond donors (Lipinski definition) is 2. The molecule has 0 unspecified atom stereocenters. The lowest BCUT2D eigenvalue weighted by molar-refractivity contribution is 0.276. The second-order valence-corrected chi connectivity index (χ2v) is 2.92. The van der Waals surface area contributed by atoms with Crippen LogP contribution in [0.4, 0.5) is 0 Å². The summed E-state index contributed by atoms with van der Waals surface area (Å²) in [4.78, 5) is 3.84. The van der Waals surface area contributed by atoms with Crippen molar-refractivity contribution in [3.8, 4) is 0 Å². The van der Waals surface area contributed by atoms with Gasteiger partial charge in [-0.2, -0.15) is 0 Å². The van der Waals surface area contributed by atoms with Gasteiger partial charge in [-0.05, 0) is 18.1 Å². The number of aliphatic hydroxyl groups is 1. The summed E-state index contributed by atoms with van der Waals surface area (Å²) in [5.74, 6) is 0. The highest BCUT2D eigenvalue weighted by Crippen LogP contribution is 2.21. The van der Waals surface area contributed by atoms with E-state index in [-0.39, 0.29) is 12.6 Å². The first-order valence-corrected chi connectivity index (χ1v) is 4.09. The van der Waals surface area contributed by atoms with Crippen molar-refractivity contribution in [2.24, 2.45) is 5.73 Å². The summed E-state index contributed by atoms with van der Waals surface area (Å²) in [5, 5.41) is 9.20. The molecule has 0 radical (unpaired) electrons. The molecule has 3 nitrogen and oxygen atoms in total. The van der Waals surface area contributed by atoms with Gasteiger partial charge in [0.05, 0.1) is 5.02 Å². The first-order chi connectivity index (χ1) is 5.75. The van der Waals surface area contributed by atoms with Gasteiger partial charge in [0.2, 0.25) is 0 Å². The van der Waals surface area contributed by atoms with Crippen LogP contribution in [0.3, 0.4) is 0 Å². The van der Waals surface area contributed by atoms with Crippen LogP contribution in [0.5, 0.6) is 0 Å². The van der Waals surface area contributed by atoms with Crippen molar-refractivity contribution < 1.29 is 5.11 Å². The molecule has 0 aliphatic heterocycles. The first kappa shape index (κ1) is 9.45. The van der Waals surface area contributed by atoms with E-state index in [1.807, 2.05) is 0 Å². The van der Waals surface area contributed by atoms with Gasteiger partial charge < -0.3 is 10.8 Å². The van der Waals surface area contributed by atoms with Crippen LogP contribution < -0.4 is 5.73 Å². The predicted molar refractivity (Wildman–Crippen MR) is 47.9 cm³/mol.